The van der Waals surface area contributed by atoms with Crippen LogP contribution in [-0.4, -0.2) is 33.5 Å². The van der Waals surface area contributed by atoms with Crippen LogP contribution in [0.25, 0.3) is 0 Å². The fraction of sp³-hybridized carbons (Fsp3) is 0.367. The van der Waals surface area contributed by atoms with Gasteiger partial charge in [-0.1, -0.05) is 84.1 Å². The van der Waals surface area contributed by atoms with Gasteiger partial charge < -0.3 is 14.6 Å². The Morgan fingerprint density at radius 1 is 1.05 bits per heavy atom. The smallest absolute Gasteiger partial charge is 0.220 e. The zero-order chi connectivity index (χ0) is 25.7. The molecule has 7 heteroatoms. The van der Waals surface area contributed by atoms with Gasteiger partial charge in [-0.3, -0.25) is 4.79 Å². The van der Waals surface area contributed by atoms with Crippen LogP contribution >= 0.6 is 11.8 Å². The Morgan fingerprint density at radius 2 is 1.89 bits per heavy atom. The van der Waals surface area contributed by atoms with Crippen molar-refractivity contribution in [3.8, 4) is 5.75 Å². The maximum atomic E-state index is 12.4. The number of thioether (sulfide) groups is 1. The van der Waals surface area contributed by atoms with Gasteiger partial charge in [0, 0.05) is 37.2 Å². The number of rotatable bonds is 14. The number of ether oxygens (including phenoxy) is 1. The SMILES string of the molecule is COc1ccccc1CNC(=O)CCCCc1nnc(SCC2=CC=CCC2)n1CCc1ccccc1. The number of allylic oxidation sites excluding steroid dienone is 3. The van der Waals surface area contributed by atoms with Gasteiger partial charge in [0.15, 0.2) is 5.16 Å². The number of hydrogen-bond acceptors (Lipinski definition) is 5. The second-order valence-corrected chi connectivity index (χ2v) is 10.1. The second kappa shape index (κ2) is 14.4. The molecule has 0 saturated carbocycles. The van der Waals surface area contributed by atoms with Crippen LogP contribution in [0.2, 0.25) is 0 Å². The average Bonchev–Trinajstić information content (AvgIpc) is 3.34. The van der Waals surface area contributed by atoms with Crippen molar-refractivity contribution < 1.29 is 9.53 Å². The molecular weight excluding hydrogens is 480 g/mol. The van der Waals surface area contributed by atoms with Gasteiger partial charge in [0.05, 0.1) is 7.11 Å². The molecule has 0 aliphatic heterocycles. The van der Waals surface area contributed by atoms with E-state index in [-0.39, 0.29) is 5.91 Å². The minimum absolute atomic E-state index is 0.0579. The molecule has 1 N–H and O–H groups in total. The van der Waals surface area contributed by atoms with E-state index in [1.807, 2.05) is 30.3 Å². The van der Waals surface area contributed by atoms with Crippen molar-refractivity contribution in [1.29, 1.82) is 0 Å². The molecule has 1 amide bonds. The van der Waals surface area contributed by atoms with E-state index in [2.05, 4.69) is 62.6 Å². The Bertz CT molecular complexity index is 1200. The third-order valence-electron chi connectivity index (χ3n) is 6.47. The molecule has 4 rings (SSSR count). The molecule has 194 valence electrons. The van der Waals surface area contributed by atoms with Crippen LogP contribution < -0.4 is 10.1 Å². The molecule has 0 radical (unpaired) electrons. The van der Waals surface area contributed by atoms with Crippen molar-refractivity contribution in [2.45, 2.75) is 63.2 Å². The van der Waals surface area contributed by atoms with Crippen molar-refractivity contribution in [3.63, 3.8) is 0 Å². The molecule has 6 nitrogen and oxygen atoms in total. The summed E-state index contributed by atoms with van der Waals surface area (Å²) in [6.07, 6.45) is 12.8. The molecule has 0 fully saturated rings. The van der Waals surface area contributed by atoms with Gasteiger partial charge in [-0.05, 0) is 43.7 Å². The molecule has 3 aromatic rings. The summed E-state index contributed by atoms with van der Waals surface area (Å²) in [7, 11) is 1.65. The molecule has 1 heterocycles. The van der Waals surface area contributed by atoms with E-state index in [4.69, 9.17) is 4.74 Å². The van der Waals surface area contributed by atoms with Gasteiger partial charge in [0.25, 0.3) is 0 Å². The van der Waals surface area contributed by atoms with E-state index < -0.39 is 0 Å². The molecule has 0 bridgehead atoms. The first-order valence-corrected chi connectivity index (χ1v) is 14.0. The number of carbonyl (C=O) groups is 1. The van der Waals surface area contributed by atoms with Gasteiger partial charge >= 0.3 is 0 Å². The Hall–Kier alpha value is -3.32. The highest BCUT2D eigenvalue weighted by molar-refractivity contribution is 7.99. The second-order valence-electron chi connectivity index (χ2n) is 9.16. The summed E-state index contributed by atoms with van der Waals surface area (Å²) in [4.78, 5) is 12.4. The molecule has 1 aliphatic carbocycles. The molecule has 1 aromatic heterocycles. The lowest BCUT2D eigenvalue weighted by atomic mass is 10.1. The lowest BCUT2D eigenvalue weighted by molar-refractivity contribution is -0.121. The van der Waals surface area contributed by atoms with Crippen LogP contribution in [0.1, 0.15) is 49.1 Å². The Kier molecular flexibility index (Phi) is 10.4. The normalized spacial score (nSPS) is 12.8. The topological polar surface area (TPSA) is 69.0 Å². The minimum Gasteiger partial charge on any atom is -0.496 e. The summed E-state index contributed by atoms with van der Waals surface area (Å²) in [5.41, 5.74) is 3.74. The Morgan fingerprint density at radius 3 is 2.70 bits per heavy atom. The number of benzene rings is 2. The van der Waals surface area contributed by atoms with Gasteiger partial charge in [-0.25, -0.2) is 0 Å². The Balaban J connectivity index is 1.29. The van der Waals surface area contributed by atoms with Crippen molar-refractivity contribution in [2.75, 3.05) is 12.9 Å². The number of aromatic nitrogens is 3. The molecular formula is C30H36N4O2S. The molecule has 2 aromatic carbocycles. The van der Waals surface area contributed by atoms with Crippen molar-refractivity contribution in [3.05, 3.63) is 95.3 Å². The standard InChI is InChI=1S/C30H36N4O2S/c1-36-27-17-9-8-16-26(27)22-31-29(35)19-11-10-18-28-32-33-30(37-23-25-14-6-3-7-15-25)34(28)21-20-24-12-4-2-5-13-24/h2-6,8-9,12-14,16-17H,7,10-11,15,18-23H2,1H3,(H,31,35). The number of nitrogens with zero attached hydrogens (tertiary/aromatic N) is 3. The number of hydrogen-bond donors (Lipinski definition) is 1. The van der Waals surface area contributed by atoms with Gasteiger partial charge in [0.1, 0.15) is 11.6 Å². The van der Waals surface area contributed by atoms with Crippen LogP contribution in [0.3, 0.4) is 0 Å². The third-order valence-corrected chi connectivity index (χ3v) is 7.55. The first-order valence-electron chi connectivity index (χ1n) is 13.0. The van der Waals surface area contributed by atoms with Crippen molar-refractivity contribution in [2.24, 2.45) is 0 Å². The molecule has 0 spiro atoms. The summed E-state index contributed by atoms with van der Waals surface area (Å²) in [6.45, 7) is 1.33. The molecule has 0 unspecified atom stereocenters. The van der Waals surface area contributed by atoms with Crippen LogP contribution in [-0.2, 0) is 30.7 Å². The zero-order valence-corrected chi connectivity index (χ0v) is 22.4. The van der Waals surface area contributed by atoms with Crippen LogP contribution in [0.4, 0.5) is 0 Å². The first-order chi connectivity index (χ1) is 18.2. The van der Waals surface area contributed by atoms with Gasteiger partial charge in [-0.2, -0.15) is 0 Å². The highest BCUT2D eigenvalue weighted by Crippen LogP contribution is 2.24. The number of unbranched alkanes of at least 4 members (excludes halogenated alkanes) is 1. The third kappa shape index (κ3) is 8.35. The summed E-state index contributed by atoms with van der Waals surface area (Å²) in [5.74, 6) is 2.80. The number of nitrogens with one attached hydrogen (secondary N) is 1. The quantitative estimate of drug-likeness (QED) is 0.213. The fourth-order valence-electron chi connectivity index (χ4n) is 4.35. The molecule has 37 heavy (non-hydrogen) atoms. The van der Waals surface area contributed by atoms with E-state index in [9.17, 15) is 4.79 Å². The molecule has 0 atom stereocenters. The van der Waals surface area contributed by atoms with E-state index in [0.29, 0.717) is 13.0 Å². The largest absolute Gasteiger partial charge is 0.496 e. The zero-order valence-electron chi connectivity index (χ0n) is 21.6. The number of carbonyl (C=O) groups excluding carboxylic acids is 1. The summed E-state index contributed by atoms with van der Waals surface area (Å²) in [6, 6.07) is 18.3. The summed E-state index contributed by atoms with van der Waals surface area (Å²) in [5, 5.41) is 13.1. The summed E-state index contributed by atoms with van der Waals surface area (Å²) >= 11 is 1.77. The van der Waals surface area contributed by atoms with E-state index in [1.54, 1.807) is 18.9 Å². The van der Waals surface area contributed by atoms with Gasteiger partial charge in [0.2, 0.25) is 5.91 Å². The van der Waals surface area contributed by atoms with Gasteiger partial charge in [-0.15, -0.1) is 10.2 Å². The maximum Gasteiger partial charge on any atom is 0.220 e. The fourth-order valence-corrected chi connectivity index (χ4v) is 5.36. The number of para-hydroxylation sites is 1. The number of aryl methyl sites for hydroxylation is 2. The highest BCUT2D eigenvalue weighted by atomic mass is 32.2. The maximum absolute atomic E-state index is 12.4. The molecule has 1 aliphatic rings. The van der Waals surface area contributed by atoms with Crippen molar-refractivity contribution >= 4 is 17.7 Å². The number of amides is 1. The van der Waals surface area contributed by atoms with E-state index in [0.717, 1.165) is 73.1 Å². The van der Waals surface area contributed by atoms with Crippen LogP contribution in [0.15, 0.2) is 83.6 Å². The first kappa shape index (κ1) is 26.7. The number of methoxy groups -OCH3 is 1. The van der Waals surface area contributed by atoms with E-state index >= 15 is 0 Å². The van der Waals surface area contributed by atoms with Crippen LogP contribution in [0.5, 0.6) is 5.75 Å². The predicted octanol–water partition coefficient (Wildman–Crippen LogP) is 5.93. The minimum atomic E-state index is 0.0579. The monoisotopic (exact) mass is 516 g/mol. The average molecular weight is 517 g/mol. The predicted molar refractivity (Wildman–Crippen MR) is 150 cm³/mol. The highest BCUT2D eigenvalue weighted by Gasteiger charge is 2.14. The molecule has 0 saturated heterocycles. The van der Waals surface area contributed by atoms with Crippen molar-refractivity contribution in [1.82, 2.24) is 20.1 Å². The van der Waals surface area contributed by atoms with E-state index in [1.165, 1.54) is 11.1 Å². The lowest BCUT2D eigenvalue weighted by Gasteiger charge is -2.12. The Labute approximate surface area is 224 Å². The lowest BCUT2D eigenvalue weighted by Crippen LogP contribution is -2.22. The summed E-state index contributed by atoms with van der Waals surface area (Å²) < 4.78 is 7.64. The van der Waals surface area contributed by atoms with Crippen LogP contribution in [0, 0.1) is 0 Å².